The van der Waals surface area contributed by atoms with Gasteiger partial charge in [0, 0.05) is 31.4 Å². The van der Waals surface area contributed by atoms with Crippen LogP contribution in [0.5, 0.6) is 0 Å². The number of para-hydroxylation sites is 1. The summed E-state index contributed by atoms with van der Waals surface area (Å²) in [5, 5.41) is 25.1. The Balaban J connectivity index is 1.28. The van der Waals surface area contributed by atoms with Crippen molar-refractivity contribution in [3.8, 4) is 0 Å². The fourth-order valence-corrected chi connectivity index (χ4v) is 7.30. The van der Waals surface area contributed by atoms with Crippen LogP contribution >= 0.6 is 0 Å². The molecule has 1 amide bonds. The number of aliphatic hydroxyl groups is 1. The predicted octanol–water partition coefficient (Wildman–Crippen LogP) is 4.84. The molecule has 0 bridgehead atoms. The van der Waals surface area contributed by atoms with Crippen molar-refractivity contribution in [2.24, 2.45) is 11.3 Å². The second-order valence-corrected chi connectivity index (χ2v) is 13.7. The summed E-state index contributed by atoms with van der Waals surface area (Å²) in [4.78, 5) is 26.2. The van der Waals surface area contributed by atoms with Crippen molar-refractivity contribution in [1.82, 2.24) is 4.72 Å². The first-order valence-electron chi connectivity index (χ1n) is 14.1. The summed E-state index contributed by atoms with van der Waals surface area (Å²) in [6.07, 6.45) is 8.84. The molecule has 1 aliphatic heterocycles. The Labute approximate surface area is 235 Å². The van der Waals surface area contributed by atoms with Crippen molar-refractivity contribution in [3.63, 3.8) is 0 Å². The van der Waals surface area contributed by atoms with E-state index in [0.29, 0.717) is 30.5 Å². The van der Waals surface area contributed by atoms with Gasteiger partial charge in [0.1, 0.15) is 5.69 Å². The first kappa shape index (κ1) is 28.4. The van der Waals surface area contributed by atoms with Crippen LogP contribution in [0.4, 0.5) is 17.1 Å². The van der Waals surface area contributed by atoms with Crippen LogP contribution in [0.1, 0.15) is 75.1 Å². The Bertz CT molecular complexity index is 1370. The van der Waals surface area contributed by atoms with Crippen molar-refractivity contribution < 1.29 is 23.2 Å². The van der Waals surface area contributed by atoms with E-state index in [1.165, 1.54) is 31.4 Å². The normalized spacial score (nSPS) is 24.2. The fourth-order valence-electron chi connectivity index (χ4n) is 6.31. The van der Waals surface area contributed by atoms with E-state index in [-0.39, 0.29) is 27.8 Å². The highest BCUT2D eigenvalue weighted by Gasteiger charge is 2.40. The molecule has 216 valence electrons. The maximum Gasteiger partial charge on any atom is 0.293 e. The molecule has 3 N–H and O–H groups in total. The lowest BCUT2D eigenvalue weighted by Crippen LogP contribution is -2.44. The number of hydrogen-bond donors (Lipinski definition) is 3. The minimum absolute atomic E-state index is 0.215. The van der Waals surface area contributed by atoms with E-state index in [9.17, 15) is 28.4 Å². The molecule has 1 heterocycles. The number of carbonyl (C=O) groups excluding carboxylic acids is 1. The van der Waals surface area contributed by atoms with Crippen molar-refractivity contribution in [1.29, 1.82) is 0 Å². The van der Waals surface area contributed by atoms with Crippen LogP contribution in [-0.2, 0) is 10.0 Å². The molecule has 0 unspecified atom stereocenters. The summed E-state index contributed by atoms with van der Waals surface area (Å²) in [7, 11) is -4.37. The topological polar surface area (TPSA) is 142 Å². The number of amides is 1. The van der Waals surface area contributed by atoms with Crippen LogP contribution in [0, 0.1) is 21.4 Å². The van der Waals surface area contributed by atoms with Gasteiger partial charge in [-0.05, 0) is 93.9 Å². The van der Waals surface area contributed by atoms with Crippen LogP contribution in [0.25, 0.3) is 0 Å². The number of hydrogen-bond acceptors (Lipinski definition) is 8. The molecule has 3 fully saturated rings. The van der Waals surface area contributed by atoms with Crippen LogP contribution in [-0.4, -0.2) is 49.6 Å². The van der Waals surface area contributed by atoms with E-state index in [1.54, 1.807) is 12.1 Å². The molecule has 0 atom stereocenters. The summed E-state index contributed by atoms with van der Waals surface area (Å²) >= 11 is 0. The lowest BCUT2D eigenvalue weighted by Gasteiger charge is -2.48. The molecule has 3 aliphatic rings. The largest absolute Gasteiger partial charge is 0.390 e. The highest BCUT2D eigenvalue weighted by atomic mass is 32.2. The highest BCUT2D eigenvalue weighted by molar-refractivity contribution is 7.90. The molecule has 2 aromatic carbocycles. The lowest BCUT2D eigenvalue weighted by molar-refractivity contribution is -0.384. The van der Waals surface area contributed by atoms with Gasteiger partial charge < -0.3 is 15.3 Å². The van der Waals surface area contributed by atoms with Gasteiger partial charge in [0.05, 0.1) is 21.0 Å². The van der Waals surface area contributed by atoms with Crippen LogP contribution < -0.4 is 14.9 Å². The SMILES string of the molecule is CC1(O)CCC(CNc2ccc(S(=O)(=O)NC(=O)c3ccccc3N3CCC4(CCC4)CC3)cc2[N+](=O)[O-])CC1. The fraction of sp³-hybridized carbons (Fsp3) is 0.552. The molecule has 2 aromatic rings. The molecule has 5 rings (SSSR count). The summed E-state index contributed by atoms with van der Waals surface area (Å²) in [5.41, 5.74) is 0.554. The Kier molecular flexibility index (Phi) is 7.80. The van der Waals surface area contributed by atoms with E-state index in [1.807, 2.05) is 19.1 Å². The first-order chi connectivity index (χ1) is 19.0. The molecule has 2 aliphatic carbocycles. The van der Waals surface area contributed by atoms with Crippen LogP contribution in [0.15, 0.2) is 47.4 Å². The van der Waals surface area contributed by atoms with Gasteiger partial charge in [0.2, 0.25) is 0 Å². The van der Waals surface area contributed by atoms with Gasteiger partial charge in [-0.15, -0.1) is 0 Å². The molecule has 1 saturated heterocycles. The number of nitro groups is 1. The number of rotatable bonds is 8. The monoisotopic (exact) mass is 570 g/mol. The van der Waals surface area contributed by atoms with Gasteiger partial charge in [0.25, 0.3) is 21.6 Å². The van der Waals surface area contributed by atoms with Crippen molar-refractivity contribution in [2.75, 3.05) is 29.9 Å². The summed E-state index contributed by atoms with van der Waals surface area (Å²) in [6, 6.07) is 10.6. The van der Waals surface area contributed by atoms with Gasteiger partial charge in [-0.25, -0.2) is 13.1 Å². The quantitative estimate of drug-likeness (QED) is 0.302. The molecule has 0 aromatic heterocycles. The molecule has 0 radical (unpaired) electrons. The smallest absolute Gasteiger partial charge is 0.293 e. The van der Waals surface area contributed by atoms with Crippen molar-refractivity contribution >= 4 is 33.0 Å². The molecular weight excluding hydrogens is 532 g/mol. The number of nitro benzene ring substituents is 1. The van der Waals surface area contributed by atoms with E-state index in [2.05, 4.69) is 14.9 Å². The van der Waals surface area contributed by atoms with Gasteiger partial charge in [-0.1, -0.05) is 18.6 Å². The zero-order chi connectivity index (χ0) is 28.5. The zero-order valence-electron chi connectivity index (χ0n) is 22.9. The number of piperidine rings is 1. The van der Waals surface area contributed by atoms with Gasteiger partial charge >= 0.3 is 0 Å². The Hall–Kier alpha value is -3.18. The molecule has 40 heavy (non-hydrogen) atoms. The third-order valence-corrected chi connectivity index (χ3v) is 10.5. The number of anilines is 2. The molecule has 2 saturated carbocycles. The third-order valence-electron chi connectivity index (χ3n) is 9.19. The van der Waals surface area contributed by atoms with E-state index >= 15 is 0 Å². The Morgan fingerprint density at radius 1 is 1.07 bits per heavy atom. The number of sulfonamides is 1. The maximum atomic E-state index is 13.2. The third kappa shape index (κ3) is 6.10. The zero-order valence-corrected chi connectivity index (χ0v) is 23.7. The minimum atomic E-state index is -4.37. The summed E-state index contributed by atoms with van der Waals surface area (Å²) < 4.78 is 28.5. The molecule has 11 heteroatoms. The van der Waals surface area contributed by atoms with E-state index in [4.69, 9.17) is 0 Å². The Morgan fingerprint density at radius 2 is 1.75 bits per heavy atom. The van der Waals surface area contributed by atoms with Gasteiger partial charge in [-0.2, -0.15) is 0 Å². The average molecular weight is 571 g/mol. The number of benzene rings is 2. The molecule has 1 spiro atoms. The second-order valence-electron chi connectivity index (χ2n) is 12.0. The molecule has 10 nitrogen and oxygen atoms in total. The second kappa shape index (κ2) is 11.0. The van der Waals surface area contributed by atoms with E-state index < -0.39 is 26.5 Å². The Morgan fingerprint density at radius 3 is 2.38 bits per heavy atom. The minimum Gasteiger partial charge on any atom is -0.390 e. The first-order valence-corrected chi connectivity index (χ1v) is 15.6. The summed E-state index contributed by atoms with van der Waals surface area (Å²) in [5.74, 6) is -0.515. The number of nitrogens with one attached hydrogen (secondary N) is 2. The van der Waals surface area contributed by atoms with Crippen molar-refractivity contribution in [3.05, 3.63) is 58.1 Å². The highest BCUT2D eigenvalue weighted by Crippen LogP contribution is 2.49. The standard InChI is InChI=1S/C29H38N4O6S/c1-28(35)13-9-21(10-14-28)20-30-24-8-7-22(19-26(24)33(36)37)40(38,39)31-27(34)23-5-2-3-6-25(23)32-17-15-29(16-18-32)11-4-12-29/h2-3,5-8,19,21,30,35H,4,9-18,20H2,1H3,(H,31,34). The van der Waals surface area contributed by atoms with Crippen LogP contribution in [0.2, 0.25) is 0 Å². The number of nitrogens with zero attached hydrogens (tertiary/aromatic N) is 2. The van der Waals surface area contributed by atoms with Crippen molar-refractivity contribution in [2.45, 2.75) is 75.2 Å². The molecular formula is C29H38N4O6S. The van der Waals surface area contributed by atoms with E-state index in [0.717, 1.165) is 44.8 Å². The van der Waals surface area contributed by atoms with Gasteiger partial charge in [-0.3, -0.25) is 14.9 Å². The predicted molar refractivity (Wildman–Crippen MR) is 153 cm³/mol. The average Bonchev–Trinajstić information content (AvgIpc) is 2.91. The van der Waals surface area contributed by atoms with Crippen LogP contribution in [0.3, 0.4) is 0 Å². The lowest BCUT2D eigenvalue weighted by atomic mass is 9.63. The number of carbonyl (C=O) groups is 1. The summed E-state index contributed by atoms with van der Waals surface area (Å²) in [6.45, 7) is 3.93. The van der Waals surface area contributed by atoms with Gasteiger partial charge in [0.15, 0.2) is 0 Å². The maximum absolute atomic E-state index is 13.2.